The van der Waals surface area contributed by atoms with Gasteiger partial charge >= 0.3 is 6.85 Å². The fourth-order valence-corrected chi connectivity index (χ4v) is 18.4. The Hall–Kier alpha value is -7.02. The number of fused-ring (bicyclic) bond motifs is 13. The van der Waals surface area contributed by atoms with Crippen molar-refractivity contribution < 1.29 is 4.42 Å². The summed E-state index contributed by atoms with van der Waals surface area (Å²) in [6.07, 6.45) is 6.90. The van der Waals surface area contributed by atoms with Gasteiger partial charge in [-0.3, -0.25) is 0 Å². The van der Waals surface area contributed by atoms with Crippen LogP contribution in [0.25, 0.3) is 43.2 Å². The first kappa shape index (κ1) is 61.2. The lowest BCUT2D eigenvalue weighted by atomic mass is 9.43. The van der Waals surface area contributed by atoms with E-state index >= 15 is 0 Å². The lowest BCUT2D eigenvalue weighted by Crippen LogP contribution is -2.61. The van der Waals surface area contributed by atoms with Gasteiger partial charge in [-0.05, 0) is 256 Å². The summed E-state index contributed by atoms with van der Waals surface area (Å²) in [4.78, 5) is 8.04. The van der Waals surface area contributed by atoms with Crippen LogP contribution in [0.1, 0.15) is 234 Å². The molecule has 3 aliphatic carbocycles. The van der Waals surface area contributed by atoms with Crippen LogP contribution in [-0.4, -0.2) is 6.85 Å². The Morgan fingerprint density at radius 3 is 1.36 bits per heavy atom. The molecule has 472 valence electrons. The van der Waals surface area contributed by atoms with Gasteiger partial charge in [0.1, 0.15) is 11.2 Å². The van der Waals surface area contributed by atoms with Gasteiger partial charge in [-0.1, -0.05) is 188 Å². The van der Waals surface area contributed by atoms with Crippen LogP contribution in [0, 0.1) is 0 Å². The number of thiophene rings is 1. The molecule has 0 saturated carbocycles. The molecule has 0 saturated heterocycles. The SMILES string of the molecule is CC(C)(C)c1ccc(N(c2ccc(C(C)(C)C)cc2)c2cc3c4c(c2)N(c2ccc(C(C)(C)C)cc2)c2sc5cc6c(cc5c2B4N(c2ccc4c(c2)C(C)(C)CCC4(C)C)c2ccc4c(oc5cc7c(cc54)C(C)(C)CCC7(C)C)c2-3)C(C)(C)CCC6(C)C)cc1. The van der Waals surface area contributed by atoms with Gasteiger partial charge in [0.05, 0.1) is 5.00 Å². The Labute approximate surface area is 554 Å². The van der Waals surface area contributed by atoms with E-state index in [0.29, 0.717) is 0 Å². The molecule has 92 heavy (non-hydrogen) atoms. The fraction of sp³-hybridized carbons (Fsp3) is 0.419. The van der Waals surface area contributed by atoms with Gasteiger partial charge in [0.25, 0.3) is 0 Å². The molecule has 0 radical (unpaired) electrons. The number of benzene rings is 8. The highest BCUT2D eigenvalue weighted by molar-refractivity contribution is 7.26. The minimum Gasteiger partial charge on any atom is -0.455 e. The number of nitrogens with zero attached hydrogens (tertiary/aromatic N) is 3. The van der Waals surface area contributed by atoms with E-state index in [1.165, 1.54) is 109 Å². The Bertz CT molecular complexity index is 4630. The van der Waals surface area contributed by atoms with E-state index in [1.54, 1.807) is 0 Å². The van der Waals surface area contributed by atoms with Crippen LogP contribution in [0.4, 0.5) is 44.8 Å². The van der Waals surface area contributed by atoms with E-state index in [0.717, 1.165) is 78.0 Å². The van der Waals surface area contributed by atoms with Gasteiger partial charge in [-0.15, -0.1) is 11.3 Å². The molecule has 0 fully saturated rings. The number of hydrogen-bond donors (Lipinski definition) is 0. The molecule has 5 aliphatic rings. The first-order valence-electron chi connectivity index (χ1n) is 34.6. The molecule has 15 rings (SSSR count). The molecule has 4 heterocycles. The number of hydrogen-bond acceptors (Lipinski definition) is 5. The number of furan rings is 1. The maximum atomic E-state index is 7.79. The van der Waals surface area contributed by atoms with Gasteiger partial charge in [0.15, 0.2) is 0 Å². The highest BCUT2D eigenvalue weighted by atomic mass is 32.1. The predicted molar refractivity (Wildman–Crippen MR) is 399 cm³/mol. The van der Waals surface area contributed by atoms with Crippen LogP contribution < -0.4 is 25.5 Å². The van der Waals surface area contributed by atoms with Crippen molar-refractivity contribution in [1.82, 2.24) is 0 Å². The summed E-state index contributed by atoms with van der Waals surface area (Å²) in [5.41, 5.74) is 27.9. The minimum atomic E-state index is -0.216. The Balaban J connectivity index is 1.12. The van der Waals surface area contributed by atoms with Gasteiger partial charge in [-0.25, -0.2) is 0 Å². The lowest BCUT2D eigenvalue weighted by molar-refractivity contribution is 0.332. The van der Waals surface area contributed by atoms with Crippen molar-refractivity contribution in [3.63, 3.8) is 0 Å². The first-order chi connectivity index (χ1) is 42.9. The number of rotatable bonds is 5. The summed E-state index contributed by atoms with van der Waals surface area (Å²) in [5, 5.41) is 5.02. The molecule has 10 aromatic rings. The smallest absolute Gasteiger partial charge is 0.334 e. The lowest BCUT2D eigenvalue weighted by Gasteiger charge is -2.46. The molecule has 6 heteroatoms. The van der Waals surface area contributed by atoms with E-state index < -0.39 is 0 Å². The van der Waals surface area contributed by atoms with Crippen LogP contribution in [0.15, 0.2) is 144 Å². The van der Waals surface area contributed by atoms with Crippen molar-refractivity contribution in [2.75, 3.05) is 14.6 Å². The molecule has 0 amide bonds. The summed E-state index contributed by atoms with van der Waals surface area (Å²) in [6, 6.07) is 56.5. The zero-order valence-corrected chi connectivity index (χ0v) is 60.1. The Kier molecular flexibility index (Phi) is 13.2. The van der Waals surface area contributed by atoms with Gasteiger partial charge in [0.2, 0.25) is 0 Å². The molecule has 0 bridgehead atoms. The van der Waals surface area contributed by atoms with Crippen LogP contribution in [0.2, 0.25) is 0 Å². The maximum Gasteiger partial charge on any atom is 0.334 e. The summed E-state index contributed by atoms with van der Waals surface area (Å²) in [6.45, 7) is 50.4. The second-order valence-corrected chi connectivity index (χ2v) is 36.9. The monoisotopic (exact) mass is 1230 g/mol. The van der Waals surface area contributed by atoms with Crippen molar-refractivity contribution in [2.24, 2.45) is 0 Å². The highest BCUT2D eigenvalue weighted by Gasteiger charge is 2.51. The first-order valence-corrected chi connectivity index (χ1v) is 35.5. The number of anilines is 8. The summed E-state index contributed by atoms with van der Waals surface area (Å²) in [5.74, 6) is 0. The largest absolute Gasteiger partial charge is 0.455 e. The fourth-order valence-electron chi connectivity index (χ4n) is 17.1. The van der Waals surface area contributed by atoms with Crippen LogP contribution in [0.3, 0.4) is 0 Å². The average molecular weight is 1230 g/mol. The third-order valence-electron chi connectivity index (χ3n) is 23.5. The molecule has 0 spiro atoms. The van der Waals surface area contributed by atoms with E-state index in [-0.39, 0.29) is 55.6 Å². The van der Waals surface area contributed by atoms with Crippen molar-refractivity contribution >= 4 is 106 Å². The normalized spacial score (nSPS) is 18.9. The molecule has 2 aromatic heterocycles. The summed E-state index contributed by atoms with van der Waals surface area (Å²) in [7, 11) is 0. The summed E-state index contributed by atoms with van der Waals surface area (Å²) < 4.78 is 9.14. The van der Waals surface area contributed by atoms with Crippen LogP contribution in [0.5, 0.6) is 0 Å². The molecule has 0 atom stereocenters. The van der Waals surface area contributed by atoms with E-state index in [2.05, 4.69) is 300 Å². The Morgan fingerprint density at radius 2 is 0.848 bits per heavy atom. The second kappa shape index (κ2) is 19.8. The molecule has 0 N–H and O–H groups in total. The minimum absolute atomic E-state index is 0.00881. The molecular weight excluding hydrogens is 1130 g/mol. The third-order valence-corrected chi connectivity index (χ3v) is 24.7. The van der Waals surface area contributed by atoms with Crippen molar-refractivity contribution in [1.29, 1.82) is 0 Å². The topological polar surface area (TPSA) is 22.9 Å². The van der Waals surface area contributed by atoms with Crippen molar-refractivity contribution in [3.8, 4) is 11.1 Å². The summed E-state index contributed by atoms with van der Waals surface area (Å²) >= 11 is 2.00. The van der Waals surface area contributed by atoms with Gasteiger partial charge in [0, 0.05) is 60.8 Å². The highest BCUT2D eigenvalue weighted by Crippen LogP contribution is 2.58. The second-order valence-electron chi connectivity index (χ2n) is 35.8. The standard InChI is InChI=1S/C86H98BN3OS/c1-78(2,3)51-22-28-54(29-23-51)88(55-30-24-52(25-31-55)79(4,5)6)58-44-62-73-69(37-35-59-60-47-65-67(49-71(60)91-76(59)73)85(18,19)42-40-83(65,14)15)90(57-34-36-63-64(45-57)82(12,13)39-38-81(63,10)11)87-74(62)70(46-58)89(56-32-26-53(27-33-56)80(7,8)9)77-75(87)61-48-66-68(50-72(61)92-77)86(20,21)43-41-84(66,16)17/h22-37,44-50H,38-43H2,1-21H3. The van der Waals surface area contributed by atoms with Crippen molar-refractivity contribution in [3.05, 3.63) is 190 Å². The van der Waals surface area contributed by atoms with Crippen LogP contribution in [-0.2, 0) is 48.7 Å². The maximum absolute atomic E-state index is 7.79. The predicted octanol–water partition coefficient (Wildman–Crippen LogP) is 23.9. The molecular formula is C86H98BN3OS. The van der Waals surface area contributed by atoms with E-state index in [4.69, 9.17) is 4.42 Å². The molecule has 0 unspecified atom stereocenters. The third kappa shape index (κ3) is 9.37. The quantitative estimate of drug-likeness (QED) is 0.160. The molecule has 2 aliphatic heterocycles. The zero-order chi connectivity index (χ0) is 65.3. The molecule has 4 nitrogen and oxygen atoms in total. The van der Waals surface area contributed by atoms with Gasteiger partial charge < -0.3 is 19.0 Å². The van der Waals surface area contributed by atoms with Gasteiger partial charge in [-0.2, -0.15) is 0 Å². The van der Waals surface area contributed by atoms with Crippen LogP contribution >= 0.6 is 11.3 Å². The Morgan fingerprint density at radius 1 is 0.402 bits per heavy atom. The average Bonchev–Trinajstić information content (AvgIpc) is 1.33. The molecule has 8 aromatic carbocycles. The van der Waals surface area contributed by atoms with E-state index in [1.807, 2.05) is 11.3 Å². The van der Waals surface area contributed by atoms with Crippen molar-refractivity contribution in [2.45, 2.75) is 233 Å². The van der Waals surface area contributed by atoms with E-state index in [9.17, 15) is 0 Å². The zero-order valence-electron chi connectivity index (χ0n) is 59.3.